The summed E-state index contributed by atoms with van der Waals surface area (Å²) < 4.78 is 36.4. The number of halogens is 2. The molecule has 1 heterocycles. The number of ether oxygens (including phenoxy) is 1. The van der Waals surface area contributed by atoms with E-state index < -0.39 is 17.7 Å². The molecule has 4 aromatic carbocycles. The van der Waals surface area contributed by atoms with Crippen molar-refractivity contribution in [2.75, 3.05) is 13.1 Å². The molecule has 0 saturated carbocycles. The summed E-state index contributed by atoms with van der Waals surface area (Å²) in [5.41, 5.74) is 5.02. The highest BCUT2D eigenvalue weighted by Crippen LogP contribution is 2.39. The van der Waals surface area contributed by atoms with Crippen LogP contribution in [-0.2, 0) is 6.54 Å². The van der Waals surface area contributed by atoms with Gasteiger partial charge in [-0.3, -0.25) is 0 Å². The first kappa shape index (κ1) is 25.2. The van der Waals surface area contributed by atoms with E-state index in [0.717, 1.165) is 33.7 Å². The zero-order valence-electron chi connectivity index (χ0n) is 21.3. The summed E-state index contributed by atoms with van der Waals surface area (Å²) in [6.45, 7) is 5.29. The van der Waals surface area contributed by atoms with E-state index in [9.17, 15) is 13.6 Å². The summed E-state index contributed by atoms with van der Waals surface area (Å²) in [6.07, 6.45) is 1.44. The largest absolute Gasteiger partial charge is 0.415 e. The molecule has 4 nitrogen and oxygen atoms in total. The molecule has 0 saturated heterocycles. The Labute approximate surface area is 220 Å². The van der Waals surface area contributed by atoms with Gasteiger partial charge in [-0.2, -0.15) is 0 Å². The third kappa shape index (κ3) is 5.02. The number of aromatic nitrogens is 1. The first-order chi connectivity index (χ1) is 18.5. The van der Waals surface area contributed by atoms with Crippen LogP contribution in [0.15, 0.2) is 97.2 Å². The van der Waals surface area contributed by atoms with E-state index in [0.29, 0.717) is 30.8 Å². The zero-order valence-corrected chi connectivity index (χ0v) is 21.3. The number of carbonyl (C=O) groups is 1. The number of hydrogen-bond acceptors (Lipinski definition) is 2. The van der Waals surface area contributed by atoms with E-state index in [1.807, 2.05) is 62.5 Å². The van der Waals surface area contributed by atoms with Crippen LogP contribution in [0.3, 0.4) is 0 Å². The third-order valence-electron chi connectivity index (χ3n) is 6.73. The lowest BCUT2D eigenvalue weighted by molar-refractivity contribution is 0.157. The Morgan fingerprint density at radius 3 is 2.21 bits per heavy atom. The first-order valence-corrected chi connectivity index (χ1v) is 12.7. The summed E-state index contributed by atoms with van der Waals surface area (Å²) in [5.74, 6) is -1.15. The van der Waals surface area contributed by atoms with Gasteiger partial charge in [0.05, 0.1) is 0 Å². The van der Waals surface area contributed by atoms with Crippen molar-refractivity contribution in [2.45, 2.75) is 20.4 Å². The summed E-state index contributed by atoms with van der Waals surface area (Å²) in [6, 6.07) is 27.2. The van der Waals surface area contributed by atoms with Crippen LogP contribution >= 0.6 is 0 Å². The van der Waals surface area contributed by atoms with Crippen LogP contribution in [0, 0.1) is 11.6 Å². The number of carbonyl (C=O) groups excluding carboxylic acids is 1. The molecule has 0 aliphatic heterocycles. The van der Waals surface area contributed by atoms with Crippen LogP contribution in [0.5, 0.6) is 5.75 Å². The minimum absolute atomic E-state index is 0.252. The molecule has 38 heavy (non-hydrogen) atoms. The fourth-order valence-corrected chi connectivity index (χ4v) is 4.85. The van der Waals surface area contributed by atoms with Crippen molar-refractivity contribution in [3.05, 3.63) is 114 Å². The maximum Gasteiger partial charge on any atom is 0.415 e. The normalized spacial score (nSPS) is 11.1. The van der Waals surface area contributed by atoms with Gasteiger partial charge < -0.3 is 14.2 Å². The van der Waals surface area contributed by atoms with Gasteiger partial charge in [0.15, 0.2) is 0 Å². The van der Waals surface area contributed by atoms with Crippen molar-refractivity contribution in [3.8, 4) is 28.0 Å². The Hall–Kier alpha value is -4.45. The molecule has 5 rings (SSSR count). The molecule has 0 spiro atoms. The zero-order chi connectivity index (χ0) is 26.6. The van der Waals surface area contributed by atoms with Crippen molar-refractivity contribution >= 4 is 17.0 Å². The summed E-state index contributed by atoms with van der Waals surface area (Å²) >= 11 is 0. The number of benzene rings is 4. The van der Waals surface area contributed by atoms with Gasteiger partial charge in [-0.1, -0.05) is 54.6 Å². The molecule has 5 aromatic rings. The molecule has 0 aliphatic carbocycles. The Kier molecular flexibility index (Phi) is 7.22. The van der Waals surface area contributed by atoms with Crippen LogP contribution < -0.4 is 4.74 Å². The molecule has 0 aliphatic rings. The molecular weight excluding hydrogens is 482 g/mol. The quantitative estimate of drug-likeness (QED) is 0.221. The topological polar surface area (TPSA) is 34.5 Å². The highest BCUT2D eigenvalue weighted by Gasteiger charge is 2.20. The van der Waals surface area contributed by atoms with Crippen LogP contribution in [0.1, 0.15) is 19.4 Å². The van der Waals surface area contributed by atoms with Crippen molar-refractivity contribution in [1.82, 2.24) is 9.47 Å². The molecule has 1 amide bonds. The number of hydrogen-bond donors (Lipinski definition) is 0. The van der Waals surface area contributed by atoms with Crippen molar-refractivity contribution in [1.29, 1.82) is 0 Å². The Balaban J connectivity index is 1.62. The minimum atomic E-state index is -0.700. The second-order valence-electron chi connectivity index (χ2n) is 9.04. The van der Waals surface area contributed by atoms with Crippen molar-refractivity contribution in [3.63, 3.8) is 0 Å². The lowest BCUT2D eigenvalue weighted by atomic mass is 9.99. The standard InChI is InChI=1S/C32H28F2N2O2/c1-3-35(4-2)32(37)38-30-15-14-29-28(31(30)24-18-25(33)20-26(34)19-24)16-17-36(29)21-23-12-8-9-13-27(23)22-10-6-5-7-11-22/h5-20H,3-4,21H2,1-2H3. The van der Waals surface area contributed by atoms with Gasteiger partial charge in [0.2, 0.25) is 0 Å². The lowest BCUT2D eigenvalue weighted by Gasteiger charge is -2.20. The minimum Gasteiger partial charge on any atom is -0.410 e. The van der Waals surface area contributed by atoms with E-state index in [1.54, 1.807) is 11.0 Å². The molecule has 0 atom stereocenters. The van der Waals surface area contributed by atoms with Gasteiger partial charge in [-0.05, 0) is 66.4 Å². The van der Waals surface area contributed by atoms with Gasteiger partial charge in [-0.25, -0.2) is 13.6 Å². The van der Waals surface area contributed by atoms with Gasteiger partial charge in [0.1, 0.15) is 17.4 Å². The predicted molar refractivity (Wildman–Crippen MR) is 147 cm³/mol. The lowest BCUT2D eigenvalue weighted by Crippen LogP contribution is -2.33. The molecule has 0 unspecified atom stereocenters. The van der Waals surface area contributed by atoms with Crippen LogP contribution in [0.25, 0.3) is 33.2 Å². The molecule has 1 aromatic heterocycles. The number of nitrogens with zero attached hydrogens (tertiary/aromatic N) is 2. The second kappa shape index (κ2) is 10.9. The SMILES string of the molecule is CCN(CC)C(=O)Oc1ccc2c(ccn2Cc2ccccc2-c2ccccc2)c1-c1cc(F)cc(F)c1. The highest BCUT2D eigenvalue weighted by molar-refractivity contribution is 5.99. The van der Waals surface area contributed by atoms with Crippen molar-refractivity contribution < 1.29 is 18.3 Å². The number of fused-ring (bicyclic) bond motifs is 1. The van der Waals surface area contributed by atoms with Gasteiger partial charge in [0.25, 0.3) is 0 Å². The van der Waals surface area contributed by atoms with Gasteiger partial charge in [-0.15, -0.1) is 0 Å². The van der Waals surface area contributed by atoms with E-state index in [4.69, 9.17) is 4.74 Å². The number of rotatable bonds is 7. The van der Waals surface area contributed by atoms with Gasteiger partial charge in [0, 0.05) is 48.4 Å². The van der Waals surface area contributed by atoms with Crippen LogP contribution in [0.4, 0.5) is 13.6 Å². The molecule has 6 heteroatoms. The third-order valence-corrected chi connectivity index (χ3v) is 6.73. The summed E-state index contributed by atoms with van der Waals surface area (Å²) in [4.78, 5) is 14.3. The summed E-state index contributed by atoms with van der Waals surface area (Å²) in [7, 11) is 0. The Morgan fingerprint density at radius 2 is 1.50 bits per heavy atom. The van der Waals surface area contributed by atoms with E-state index in [-0.39, 0.29) is 5.75 Å². The fourth-order valence-electron chi connectivity index (χ4n) is 4.85. The van der Waals surface area contributed by atoms with Crippen LogP contribution in [0.2, 0.25) is 0 Å². The Bertz CT molecular complexity index is 1570. The van der Waals surface area contributed by atoms with Crippen molar-refractivity contribution in [2.24, 2.45) is 0 Å². The average Bonchev–Trinajstić information content (AvgIpc) is 3.32. The molecule has 0 radical (unpaired) electrons. The summed E-state index contributed by atoms with van der Waals surface area (Å²) in [5, 5.41) is 0.733. The predicted octanol–water partition coefficient (Wildman–Crippen LogP) is 8.14. The average molecular weight is 511 g/mol. The van der Waals surface area contributed by atoms with E-state index in [1.165, 1.54) is 12.1 Å². The van der Waals surface area contributed by atoms with E-state index >= 15 is 0 Å². The van der Waals surface area contributed by atoms with E-state index in [2.05, 4.69) is 28.8 Å². The Morgan fingerprint density at radius 1 is 0.816 bits per heavy atom. The first-order valence-electron chi connectivity index (χ1n) is 12.7. The fraction of sp³-hybridized carbons (Fsp3) is 0.156. The molecular formula is C32H28F2N2O2. The molecule has 192 valence electrons. The van der Waals surface area contributed by atoms with Crippen LogP contribution in [-0.4, -0.2) is 28.6 Å². The van der Waals surface area contributed by atoms with Gasteiger partial charge >= 0.3 is 6.09 Å². The maximum atomic E-state index is 14.3. The highest BCUT2D eigenvalue weighted by atomic mass is 19.1. The number of amides is 1. The monoisotopic (exact) mass is 510 g/mol. The maximum absolute atomic E-state index is 14.3. The molecule has 0 N–H and O–H groups in total. The smallest absolute Gasteiger partial charge is 0.410 e. The molecule has 0 fully saturated rings. The second-order valence-corrected chi connectivity index (χ2v) is 9.04. The molecule has 0 bridgehead atoms.